The fourth-order valence-corrected chi connectivity index (χ4v) is 3.00. The highest BCUT2D eigenvalue weighted by molar-refractivity contribution is 14.1. The summed E-state index contributed by atoms with van der Waals surface area (Å²) < 4.78 is 32.1. The van der Waals surface area contributed by atoms with Gasteiger partial charge in [-0.05, 0) is 41.1 Å². The molecule has 0 spiro atoms. The molecule has 0 atom stereocenters. The topological polar surface area (TPSA) is 29.5 Å². The Balaban J connectivity index is 2.13. The molecule has 1 aromatic rings. The highest BCUT2D eigenvalue weighted by Crippen LogP contribution is 2.29. The van der Waals surface area contributed by atoms with Gasteiger partial charge in [-0.3, -0.25) is 4.90 Å². The summed E-state index contributed by atoms with van der Waals surface area (Å²) in [4.78, 5) is 13.5. The molecule has 0 amide bonds. The van der Waals surface area contributed by atoms with Gasteiger partial charge in [0.15, 0.2) is 0 Å². The van der Waals surface area contributed by atoms with E-state index in [1.54, 1.807) is 24.0 Å². The monoisotopic (exact) mass is 395 g/mol. The van der Waals surface area contributed by atoms with Crippen LogP contribution in [-0.4, -0.2) is 36.5 Å². The quantitative estimate of drug-likeness (QED) is 0.579. The van der Waals surface area contributed by atoms with E-state index in [9.17, 15) is 13.6 Å². The minimum atomic E-state index is -2.59. The van der Waals surface area contributed by atoms with E-state index in [4.69, 9.17) is 4.74 Å². The molecule has 0 radical (unpaired) electrons. The lowest BCUT2D eigenvalue weighted by atomic mass is 10.1. The van der Waals surface area contributed by atoms with Gasteiger partial charge in [0.1, 0.15) is 0 Å². The SMILES string of the molecule is CCOC(=O)c1cccc(CN2CCC(F)(F)C2)c1I. The molecule has 0 aliphatic carbocycles. The van der Waals surface area contributed by atoms with Crippen molar-refractivity contribution in [3.63, 3.8) is 0 Å². The summed E-state index contributed by atoms with van der Waals surface area (Å²) in [6, 6.07) is 5.32. The van der Waals surface area contributed by atoms with Crippen molar-refractivity contribution in [3.05, 3.63) is 32.9 Å². The van der Waals surface area contributed by atoms with Crippen molar-refractivity contribution >= 4 is 28.6 Å². The molecule has 0 unspecified atom stereocenters. The van der Waals surface area contributed by atoms with Crippen LogP contribution in [0.4, 0.5) is 8.78 Å². The zero-order valence-corrected chi connectivity index (χ0v) is 13.3. The molecule has 1 saturated heterocycles. The van der Waals surface area contributed by atoms with Crippen LogP contribution in [0, 0.1) is 3.57 Å². The lowest BCUT2D eigenvalue weighted by Gasteiger charge is -2.17. The van der Waals surface area contributed by atoms with Gasteiger partial charge >= 0.3 is 5.97 Å². The van der Waals surface area contributed by atoms with E-state index in [1.165, 1.54) is 0 Å². The van der Waals surface area contributed by atoms with Gasteiger partial charge in [0, 0.05) is 23.1 Å². The van der Waals surface area contributed by atoms with E-state index >= 15 is 0 Å². The zero-order valence-electron chi connectivity index (χ0n) is 11.2. The number of carbonyl (C=O) groups is 1. The predicted molar refractivity (Wildman–Crippen MR) is 80.0 cm³/mol. The average Bonchev–Trinajstić information content (AvgIpc) is 2.71. The molecular formula is C14H16F2INO2. The smallest absolute Gasteiger partial charge is 0.339 e. The maximum absolute atomic E-state index is 13.2. The highest BCUT2D eigenvalue weighted by atomic mass is 127. The first kappa shape index (κ1) is 15.6. The van der Waals surface area contributed by atoms with Gasteiger partial charge in [-0.15, -0.1) is 0 Å². The summed E-state index contributed by atoms with van der Waals surface area (Å²) in [5, 5.41) is 0. The third-order valence-electron chi connectivity index (χ3n) is 3.22. The number of ether oxygens (including phenoxy) is 1. The molecule has 1 fully saturated rings. The molecule has 3 nitrogen and oxygen atoms in total. The van der Waals surface area contributed by atoms with Crippen molar-refractivity contribution < 1.29 is 18.3 Å². The summed E-state index contributed by atoms with van der Waals surface area (Å²) in [5.74, 6) is -2.96. The average molecular weight is 395 g/mol. The lowest BCUT2D eigenvalue weighted by Crippen LogP contribution is -2.25. The van der Waals surface area contributed by atoms with Crippen LogP contribution < -0.4 is 0 Å². The highest BCUT2D eigenvalue weighted by Gasteiger charge is 2.38. The van der Waals surface area contributed by atoms with Crippen LogP contribution in [0.25, 0.3) is 0 Å². The Morgan fingerprint density at radius 3 is 2.85 bits per heavy atom. The third kappa shape index (κ3) is 3.66. The fourth-order valence-electron chi connectivity index (χ4n) is 2.25. The molecule has 0 N–H and O–H groups in total. The Kier molecular flexibility index (Phi) is 4.95. The molecule has 1 aromatic carbocycles. The molecule has 20 heavy (non-hydrogen) atoms. The van der Waals surface area contributed by atoms with Crippen LogP contribution in [0.2, 0.25) is 0 Å². The molecule has 2 rings (SSSR count). The largest absolute Gasteiger partial charge is 0.462 e. The van der Waals surface area contributed by atoms with Crippen molar-refractivity contribution in [1.82, 2.24) is 4.90 Å². The number of carbonyl (C=O) groups excluding carboxylic acids is 1. The standard InChI is InChI=1S/C14H16F2INO2/c1-2-20-13(19)11-5-3-4-10(12(11)17)8-18-7-6-14(15,16)9-18/h3-5H,2,6-9H2,1H3. The number of hydrogen-bond acceptors (Lipinski definition) is 3. The van der Waals surface area contributed by atoms with Gasteiger partial charge in [0.25, 0.3) is 5.92 Å². The number of hydrogen-bond donors (Lipinski definition) is 0. The maximum atomic E-state index is 13.2. The van der Waals surface area contributed by atoms with Crippen LogP contribution in [0.1, 0.15) is 29.3 Å². The Labute approximate surface area is 130 Å². The lowest BCUT2D eigenvalue weighted by molar-refractivity contribution is 0.0114. The Morgan fingerprint density at radius 2 is 2.25 bits per heavy atom. The summed E-state index contributed by atoms with van der Waals surface area (Å²) in [7, 11) is 0. The first-order chi connectivity index (χ1) is 9.43. The van der Waals surface area contributed by atoms with E-state index < -0.39 is 5.92 Å². The Hall–Kier alpha value is -0.760. The summed E-state index contributed by atoms with van der Waals surface area (Å²) >= 11 is 2.08. The number of halogens is 3. The van der Waals surface area contributed by atoms with Crippen LogP contribution in [0.15, 0.2) is 18.2 Å². The number of nitrogens with zero attached hydrogens (tertiary/aromatic N) is 1. The molecule has 0 aromatic heterocycles. The van der Waals surface area contributed by atoms with Crippen molar-refractivity contribution in [2.24, 2.45) is 0 Å². The third-order valence-corrected chi connectivity index (χ3v) is 4.49. The van der Waals surface area contributed by atoms with Crippen molar-refractivity contribution in [3.8, 4) is 0 Å². The number of benzene rings is 1. The molecule has 0 saturated carbocycles. The summed E-state index contributed by atoms with van der Waals surface area (Å²) in [6.07, 6.45) is -0.0961. The van der Waals surface area contributed by atoms with Crippen molar-refractivity contribution in [2.45, 2.75) is 25.8 Å². The van der Waals surface area contributed by atoms with Gasteiger partial charge in [-0.25, -0.2) is 13.6 Å². The minimum Gasteiger partial charge on any atom is -0.462 e. The van der Waals surface area contributed by atoms with Crippen LogP contribution in [0.5, 0.6) is 0 Å². The van der Waals surface area contributed by atoms with Gasteiger partial charge in [0.05, 0.1) is 18.7 Å². The number of rotatable bonds is 4. The normalized spacial score (nSPS) is 18.2. The summed E-state index contributed by atoms with van der Waals surface area (Å²) in [5.41, 5.74) is 1.38. The van der Waals surface area contributed by atoms with Crippen LogP contribution in [-0.2, 0) is 11.3 Å². The van der Waals surface area contributed by atoms with Crippen molar-refractivity contribution in [2.75, 3.05) is 19.7 Å². The number of alkyl halides is 2. The van der Waals surface area contributed by atoms with E-state index in [0.717, 1.165) is 9.13 Å². The first-order valence-corrected chi connectivity index (χ1v) is 7.55. The molecule has 1 heterocycles. The Bertz CT molecular complexity index is 508. The summed E-state index contributed by atoms with van der Waals surface area (Å²) in [6.45, 7) is 2.67. The van der Waals surface area contributed by atoms with Gasteiger partial charge < -0.3 is 4.74 Å². The van der Waals surface area contributed by atoms with E-state index in [0.29, 0.717) is 25.3 Å². The number of esters is 1. The van der Waals surface area contributed by atoms with Crippen molar-refractivity contribution in [1.29, 1.82) is 0 Å². The predicted octanol–water partition coefficient (Wildman–Crippen LogP) is 3.31. The van der Waals surface area contributed by atoms with Gasteiger partial charge in [-0.2, -0.15) is 0 Å². The second kappa shape index (κ2) is 6.34. The van der Waals surface area contributed by atoms with E-state index in [-0.39, 0.29) is 18.9 Å². The molecule has 1 aliphatic heterocycles. The zero-order chi connectivity index (χ0) is 14.8. The number of likely N-dealkylation sites (tertiary alicyclic amines) is 1. The molecule has 1 aliphatic rings. The molecule has 0 bridgehead atoms. The molecule has 110 valence electrons. The van der Waals surface area contributed by atoms with Crippen LogP contribution >= 0.6 is 22.6 Å². The van der Waals surface area contributed by atoms with Gasteiger partial charge in [-0.1, -0.05) is 12.1 Å². The molecule has 6 heteroatoms. The first-order valence-electron chi connectivity index (χ1n) is 6.47. The Morgan fingerprint density at radius 1 is 1.50 bits per heavy atom. The van der Waals surface area contributed by atoms with E-state index in [1.807, 2.05) is 6.07 Å². The molecular weight excluding hydrogens is 379 g/mol. The fraction of sp³-hybridized carbons (Fsp3) is 0.500. The van der Waals surface area contributed by atoms with Crippen LogP contribution in [0.3, 0.4) is 0 Å². The minimum absolute atomic E-state index is 0.0961. The second-order valence-electron chi connectivity index (χ2n) is 4.82. The maximum Gasteiger partial charge on any atom is 0.339 e. The van der Waals surface area contributed by atoms with Gasteiger partial charge in [0.2, 0.25) is 0 Å². The second-order valence-corrected chi connectivity index (χ2v) is 5.89. The van der Waals surface area contributed by atoms with E-state index in [2.05, 4.69) is 22.6 Å².